The monoisotopic (exact) mass is 215 g/mol. The Bertz CT molecular complexity index is 147. The molecule has 3 atom stereocenters. The van der Waals surface area contributed by atoms with Crippen molar-refractivity contribution in [1.29, 1.82) is 0 Å². The molecule has 0 bridgehead atoms. The molecule has 2 heteroatoms. The summed E-state index contributed by atoms with van der Waals surface area (Å²) < 4.78 is 5.20. The van der Waals surface area contributed by atoms with Crippen LogP contribution >= 0.6 is 0 Å². The second-order valence-electron chi connectivity index (χ2n) is 5.32. The highest BCUT2D eigenvalue weighted by molar-refractivity contribution is 4.70. The number of rotatable bonds is 8. The molecule has 15 heavy (non-hydrogen) atoms. The van der Waals surface area contributed by atoms with E-state index in [1.807, 2.05) is 0 Å². The van der Waals surface area contributed by atoms with E-state index in [4.69, 9.17) is 4.74 Å². The van der Waals surface area contributed by atoms with Crippen molar-refractivity contribution in [2.24, 2.45) is 23.7 Å². The van der Waals surface area contributed by atoms with Gasteiger partial charge >= 0.3 is 0 Å². The summed E-state index contributed by atoms with van der Waals surface area (Å²) in [7, 11) is 1.78. The van der Waals surface area contributed by atoms with Gasteiger partial charge in [0.25, 0.3) is 0 Å². The molecule has 0 rings (SSSR count). The zero-order valence-electron chi connectivity index (χ0n) is 11.3. The number of ether oxygens (including phenoxy) is 1. The van der Waals surface area contributed by atoms with Gasteiger partial charge in [0.15, 0.2) is 0 Å². The van der Waals surface area contributed by atoms with Gasteiger partial charge in [-0.05, 0) is 36.8 Å². The lowest BCUT2D eigenvalue weighted by Crippen LogP contribution is -2.31. The van der Waals surface area contributed by atoms with Gasteiger partial charge in [0.05, 0.1) is 0 Å². The highest BCUT2D eigenvalue weighted by Gasteiger charge is 2.18. The first-order valence-electron chi connectivity index (χ1n) is 6.18. The lowest BCUT2D eigenvalue weighted by molar-refractivity contribution is 0.115. The topological polar surface area (TPSA) is 21.3 Å². The molecule has 0 aliphatic carbocycles. The van der Waals surface area contributed by atoms with Crippen molar-refractivity contribution >= 4 is 0 Å². The van der Waals surface area contributed by atoms with Crippen LogP contribution in [0.15, 0.2) is 0 Å². The Balaban J connectivity index is 3.72. The summed E-state index contributed by atoms with van der Waals surface area (Å²) in [5.41, 5.74) is 0. The highest BCUT2D eigenvalue weighted by atomic mass is 16.5. The molecule has 92 valence electrons. The average Bonchev–Trinajstić information content (AvgIpc) is 2.16. The Hall–Kier alpha value is -0.0800. The fourth-order valence-corrected chi connectivity index (χ4v) is 1.76. The van der Waals surface area contributed by atoms with Gasteiger partial charge in [0, 0.05) is 13.7 Å². The Labute approximate surface area is 95.8 Å². The molecule has 0 aliphatic rings. The molecule has 1 N–H and O–H groups in total. The Morgan fingerprint density at radius 3 is 2.00 bits per heavy atom. The molecular weight excluding hydrogens is 186 g/mol. The normalized spacial score (nSPS) is 17.8. The molecule has 0 fully saturated rings. The Morgan fingerprint density at radius 1 is 0.933 bits per heavy atom. The molecule has 0 saturated carbocycles. The van der Waals surface area contributed by atoms with E-state index in [0.717, 1.165) is 25.6 Å². The van der Waals surface area contributed by atoms with Gasteiger partial charge in [0.2, 0.25) is 0 Å². The maximum Gasteiger partial charge on any atom is 0.0490 e. The van der Waals surface area contributed by atoms with Gasteiger partial charge in [0.1, 0.15) is 0 Å². The lowest BCUT2D eigenvalue weighted by atomic mass is 9.85. The number of nitrogens with one attached hydrogen (secondary N) is 1. The van der Waals surface area contributed by atoms with Crippen LogP contribution in [0.3, 0.4) is 0 Å². The molecule has 0 aromatic carbocycles. The maximum atomic E-state index is 5.20. The van der Waals surface area contributed by atoms with Crippen LogP contribution in [-0.4, -0.2) is 26.8 Å². The first-order chi connectivity index (χ1) is 6.99. The molecule has 0 aromatic rings. The van der Waals surface area contributed by atoms with E-state index in [2.05, 4.69) is 39.9 Å². The molecule has 0 saturated heterocycles. The molecule has 0 radical (unpaired) electrons. The Morgan fingerprint density at radius 2 is 1.53 bits per heavy atom. The fraction of sp³-hybridized carbons (Fsp3) is 1.00. The first-order valence-corrected chi connectivity index (χ1v) is 6.18. The minimum atomic E-state index is 0.644. The zero-order chi connectivity index (χ0) is 11.8. The lowest BCUT2D eigenvalue weighted by Gasteiger charge is -2.26. The van der Waals surface area contributed by atoms with E-state index in [1.165, 1.54) is 0 Å². The minimum absolute atomic E-state index is 0.644. The van der Waals surface area contributed by atoms with Gasteiger partial charge in [-0.1, -0.05) is 34.6 Å². The summed E-state index contributed by atoms with van der Waals surface area (Å²) >= 11 is 0. The van der Waals surface area contributed by atoms with Crippen LogP contribution in [-0.2, 0) is 4.74 Å². The van der Waals surface area contributed by atoms with Crippen LogP contribution in [0.5, 0.6) is 0 Å². The summed E-state index contributed by atoms with van der Waals surface area (Å²) in [6.45, 7) is 14.5. The third-order valence-corrected chi connectivity index (χ3v) is 3.24. The van der Waals surface area contributed by atoms with Crippen molar-refractivity contribution in [2.45, 2.75) is 34.6 Å². The van der Waals surface area contributed by atoms with Crippen LogP contribution in [0.2, 0.25) is 0 Å². The second-order valence-corrected chi connectivity index (χ2v) is 5.32. The summed E-state index contributed by atoms with van der Waals surface area (Å²) in [5, 5.41) is 3.52. The SMILES string of the molecule is COCC(C)C(C)C(C)CNCC(C)C. The van der Waals surface area contributed by atoms with Gasteiger partial charge in [-0.15, -0.1) is 0 Å². The van der Waals surface area contributed by atoms with E-state index in [0.29, 0.717) is 17.8 Å². The zero-order valence-corrected chi connectivity index (χ0v) is 11.3. The van der Waals surface area contributed by atoms with Crippen molar-refractivity contribution in [2.75, 3.05) is 26.8 Å². The smallest absolute Gasteiger partial charge is 0.0490 e. The van der Waals surface area contributed by atoms with Crippen molar-refractivity contribution < 1.29 is 4.74 Å². The minimum Gasteiger partial charge on any atom is -0.384 e. The number of hydrogen-bond acceptors (Lipinski definition) is 2. The quantitative estimate of drug-likeness (QED) is 0.672. The van der Waals surface area contributed by atoms with E-state index < -0.39 is 0 Å². The molecule has 0 aromatic heterocycles. The molecule has 2 nitrogen and oxygen atoms in total. The third-order valence-electron chi connectivity index (χ3n) is 3.24. The van der Waals surface area contributed by atoms with Crippen molar-refractivity contribution in [1.82, 2.24) is 5.32 Å². The number of methoxy groups -OCH3 is 1. The maximum absolute atomic E-state index is 5.20. The van der Waals surface area contributed by atoms with Crippen LogP contribution in [0.4, 0.5) is 0 Å². The van der Waals surface area contributed by atoms with Gasteiger partial charge in [-0.2, -0.15) is 0 Å². The van der Waals surface area contributed by atoms with Crippen molar-refractivity contribution in [3.05, 3.63) is 0 Å². The predicted molar refractivity (Wildman–Crippen MR) is 67.1 cm³/mol. The molecule has 0 aliphatic heterocycles. The van der Waals surface area contributed by atoms with E-state index in [-0.39, 0.29) is 0 Å². The standard InChI is InChI=1S/C13H29NO/c1-10(2)7-14-8-11(3)13(5)12(4)9-15-6/h10-14H,7-9H2,1-6H3. The van der Waals surface area contributed by atoms with Crippen LogP contribution in [0, 0.1) is 23.7 Å². The average molecular weight is 215 g/mol. The Kier molecular flexibility index (Phi) is 8.07. The summed E-state index contributed by atoms with van der Waals surface area (Å²) in [6.07, 6.45) is 0. The molecule has 0 amide bonds. The third kappa shape index (κ3) is 6.91. The number of hydrogen-bond donors (Lipinski definition) is 1. The van der Waals surface area contributed by atoms with Crippen LogP contribution in [0.25, 0.3) is 0 Å². The van der Waals surface area contributed by atoms with E-state index in [9.17, 15) is 0 Å². The molecule has 0 spiro atoms. The predicted octanol–water partition coefficient (Wildman–Crippen LogP) is 2.79. The first kappa shape index (κ1) is 14.9. The van der Waals surface area contributed by atoms with Gasteiger partial charge < -0.3 is 10.1 Å². The fourth-order valence-electron chi connectivity index (χ4n) is 1.76. The van der Waals surface area contributed by atoms with Crippen LogP contribution in [0.1, 0.15) is 34.6 Å². The van der Waals surface area contributed by atoms with E-state index >= 15 is 0 Å². The second kappa shape index (κ2) is 8.12. The van der Waals surface area contributed by atoms with E-state index in [1.54, 1.807) is 7.11 Å². The van der Waals surface area contributed by atoms with Crippen molar-refractivity contribution in [3.63, 3.8) is 0 Å². The molecular formula is C13H29NO. The van der Waals surface area contributed by atoms with Gasteiger partial charge in [-0.3, -0.25) is 0 Å². The van der Waals surface area contributed by atoms with Gasteiger partial charge in [-0.25, -0.2) is 0 Å². The largest absolute Gasteiger partial charge is 0.384 e. The molecule has 3 unspecified atom stereocenters. The summed E-state index contributed by atoms with van der Waals surface area (Å²) in [6, 6.07) is 0. The van der Waals surface area contributed by atoms with Crippen LogP contribution < -0.4 is 5.32 Å². The van der Waals surface area contributed by atoms with Crippen molar-refractivity contribution in [3.8, 4) is 0 Å². The highest BCUT2D eigenvalue weighted by Crippen LogP contribution is 2.20. The summed E-state index contributed by atoms with van der Waals surface area (Å²) in [4.78, 5) is 0. The summed E-state index contributed by atoms with van der Waals surface area (Å²) in [5.74, 6) is 2.81. The molecule has 0 heterocycles.